The van der Waals surface area contributed by atoms with Crippen LogP contribution >= 0.6 is 34.8 Å². The Morgan fingerprint density at radius 3 is 2.00 bits per heavy atom. The molecule has 0 aliphatic carbocycles. The molecule has 0 radical (unpaired) electrons. The lowest BCUT2D eigenvalue weighted by atomic mass is 10.1. The minimum Gasteiger partial charge on any atom is -0.382 e. The highest BCUT2D eigenvalue weighted by atomic mass is 35.5. The summed E-state index contributed by atoms with van der Waals surface area (Å²) in [4.78, 5) is 15.4. The van der Waals surface area contributed by atoms with Gasteiger partial charge in [0.25, 0.3) is 0 Å². The Labute approximate surface area is 147 Å². The number of benzene rings is 1. The molecule has 9 heteroatoms. The molecule has 0 amide bonds. The smallest absolute Gasteiger partial charge is 0.152 e. The fraction of sp³-hybridized carbons (Fsp3) is 0. The van der Waals surface area contributed by atoms with Crippen LogP contribution in [-0.2, 0) is 0 Å². The van der Waals surface area contributed by atoms with E-state index < -0.39 is 0 Å². The van der Waals surface area contributed by atoms with Gasteiger partial charge in [-0.15, -0.1) is 0 Å². The second-order valence-electron chi connectivity index (χ2n) is 4.17. The third-order valence-corrected chi connectivity index (χ3v) is 3.56. The number of anilines is 2. The zero-order valence-electron chi connectivity index (χ0n) is 11.6. The lowest BCUT2D eigenvalue weighted by Gasteiger charge is -2.08. The number of nitrogens with zero attached hydrogens (tertiary/aromatic N) is 4. The van der Waals surface area contributed by atoms with E-state index in [9.17, 15) is 0 Å². The van der Waals surface area contributed by atoms with Crippen LogP contribution in [0.3, 0.4) is 0 Å². The fourth-order valence-corrected chi connectivity index (χ4v) is 2.30. The quantitative estimate of drug-likeness (QED) is 0.633. The Hall–Kier alpha value is -2.15. The molecule has 1 aromatic carbocycles. The lowest BCUT2D eigenvalue weighted by molar-refractivity contribution is 1.20. The predicted molar refractivity (Wildman–Crippen MR) is 93.4 cm³/mol. The highest BCUT2D eigenvalue weighted by Gasteiger charge is 2.13. The van der Waals surface area contributed by atoms with Crippen molar-refractivity contribution in [1.29, 1.82) is 0 Å². The zero-order chi connectivity index (χ0) is 16.8. The highest BCUT2D eigenvalue weighted by molar-refractivity contribution is 6.45. The summed E-state index contributed by atoms with van der Waals surface area (Å²) < 4.78 is 0. The number of halogens is 3. The molecule has 0 saturated heterocycles. The van der Waals surface area contributed by atoms with Crippen LogP contribution in [0.1, 0.15) is 0 Å². The minimum absolute atomic E-state index is 0.172. The molecule has 3 aromatic rings. The van der Waals surface area contributed by atoms with E-state index in [0.717, 1.165) is 0 Å². The van der Waals surface area contributed by atoms with E-state index in [1.807, 2.05) is 0 Å². The van der Waals surface area contributed by atoms with Crippen LogP contribution in [0.2, 0.25) is 15.1 Å². The van der Waals surface area contributed by atoms with Crippen molar-refractivity contribution in [3.8, 4) is 11.3 Å². The van der Waals surface area contributed by atoms with Crippen molar-refractivity contribution in [1.82, 2.24) is 19.9 Å². The first-order chi connectivity index (χ1) is 11.0. The molecule has 2 heterocycles. The molecule has 0 aliphatic rings. The number of nitrogens with two attached hydrogens (primary N) is 2. The maximum atomic E-state index is 6.07. The van der Waals surface area contributed by atoms with Gasteiger partial charge in [0.2, 0.25) is 0 Å². The summed E-state index contributed by atoms with van der Waals surface area (Å²) in [5.41, 5.74) is 12.1. The van der Waals surface area contributed by atoms with Crippen LogP contribution < -0.4 is 11.5 Å². The van der Waals surface area contributed by atoms with Crippen molar-refractivity contribution < 1.29 is 0 Å². The Bertz CT molecular complexity index is 771. The van der Waals surface area contributed by atoms with E-state index in [0.29, 0.717) is 26.3 Å². The van der Waals surface area contributed by atoms with Crippen molar-refractivity contribution in [2.24, 2.45) is 0 Å². The predicted octanol–water partition coefficient (Wildman–Crippen LogP) is 3.74. The summed E-state index contributed by atoms with van der Waals surface area (Å²) in [7, 11) is 0. The average Bonchev–Trinajstić information content (AvgIpc) is 2.53. The fourth-order valence-electron chi connectivity index (χ4n) is 1.61. The summed E-state index contributed by atoms with van der Waals surface area (Å²) in [6, 6.07) is 3.15. The summed E-state index contributed by atoms with van der Waals surface area (Å²) in [6.07, 6.45) is 7.94. The van der Waals surface area contributed by atoms with E-state index in [2.05, 4.69) is 19.9 Å². The summed E-state index contributed by atoms with van der Waals surface area (Å²) >= 11 is 17.9. The van der Waals surface area contributed by atoms with Gasteiger partial charge in [0, 0.05) is 35.4 Å². The molecular formula is C14H11Cl3N6. The Kier molecular flexibility index (Phi) is 5.92. The van der Waals surface area contributed by atoms with Gasteiger partial charge in [-0.3, -0.25) is 9.97 Å². The van der Waals surface area contributed by atoms with Crippen LogP contribution in [0.25, 0.3) is 11.3 Å². The maximum absolute atomic E-state index is 6.07. The first-order valence-corrected chi connectivity index (χ1v) is 7.35. The first kappa shape index (κ1) is 17.2. The first-order valence-electron chi connectivity index (χ1n) is 6.22. The van der Waals surface area contributed by atoms with Gasteiger partial charge in [0.15, 0.2) is 5.82 Å². The Morgan fingerprint density at radius 1 is 0.870 bits per heavy atom. The number of rotatable bonds is 1. The number of aromatic nitrogens is 4. The van der Waals surface area contributed by atoms with Crippen molar-refractivity contribution in [2.45, 2.75) is 0 Å². The molecule has 4 N–H and O–H groups in total. The normalized spacial score (nSPS) is 9.87. The van der Waals surface area contributed by atoms with Gasteiger partial charge in [0.1, 0.15) is 11.5 Å². The second kappa shape index (κ2) is 7.92. The second-order valence-corrected chi connectivity index (χ2v) is 5.39. The molecule has 0 atom stereocenters. The molecular weight excluding hydrogens is 359 g/mol. The molecule has 0 spiro atoms. The number of nitrogen functional groups attached to an aromatic ring is 2. The van der Waals surface area contributed by atoms with E-state index in [1.165, 1.54) is 12.3 Å². The maximum Gasteiger partial charge on any atom is 0.152 e. The molecule has 2 aromatic heterocycles. The molecule has 0 fully saturated rings. The largest absolute Gasteiger partial charge is 0.382 e. The van der Waals surface area contributed by atoms with Crippen LogP contribution in [0, 0.1) is 0 Å². The molecule has 0 bridgehead atoms. The molecule has 118 valence electrons. The van der Waals surface area contributed by atoms with Gasteiger partial charge in [-0.1, -0.05) is 34.8 Å². The van der Waals surface area contributed by atoms with Gasteiger partial charge >= 0.3 is 0 Å². The topological polar surface area (TPSA) is 104 Å². The van der Waals surface area contributed by atoms with Crippen LogP contribution in [0.15, 0.2) is 43.1 Å². The Balaban J connectivity index is 0.000000268. The van der Waals surface area contributed by atoms with Gasteiger partial charge in [0.05, 0.1) is 16.2 Å². The lowest BCUT2D eigenvalue weighted by Crippen LogP contribution is -2.01. The van der Waals surface area contributed by atoms with Gasteiger partial charge in [-0.25, -0.2) is 9.97 Å². The molecule has 23 heavy (non-hydrogen) atoms. The molecule has 0 unspecified atom stereocenters. The summed E-state index contributed by atoms with van der Waals surface area (Å²) in [5.74, 6) is 0.403. The van der Waals surface area contributed by atoms with Crippen molar-refractivity contribution >= 4 is 46.4 Å². The van der Waals surface area contributed by atoms with E-state index in [4.69, 9.17) is 46.3 Å². The number of hydrogen-bond donors (Lipinski definition) is 2. The van der Waals surface area contributed by atoms with Gasteiger partial charge in [-0.2, -0.15) is 0 Å². The molecule has 0 aliphatic heterocycles. The monoisotopic (exact) mass is 368 g/mol. The summed E-state index contributed by atoms with van der Waals surface area (Å²) in [5, 5.41) is 1.08. The SMILES string of the molecule is Nc1cnc(-c2cc(Cl)cc(Cl)c2Cl)c(N)n1.c1cnccn1. The van der Waals surface area contributed by atoms with Crippen LogP contribution in [0.5, 0.6) is 0 Å². The molecule has 0 saturated carbocycles. The molecule has 3 rings (SSSR count). The van der Waals surface area contributed by atoms with E-state index in [-0.39, 0.29) is 11.6 Å². The van der Waals surface area contributed by atoms with Crippen LogP contribution in [0.4, 0.5) is 11.6 Å². The third-order valence-electron chi connectivity index (χ3n) is 2.54. The van der Waals surface area contributed by atoms with Crippen molar-refractivity contribution in [3.05, 3.63) is 58.2 Å². The Morgan fingerprint density at radius 2 is 1.48 bits per heavy atom. The highest BCUT2D eigenvalue weighted by Crippen LogP contribution is 2.37. The van der Waals surface area contributed by atoms with Gasteiger partial charge < -0.3 is 11.5 Å². The molecule has 6 nitrogen and oxygen atoms in total. The minimum atomic E-state index is 0.172. The van der Waals surface area contributed by atoms with Crippen LogP contribution in [-0.4, -0.2) is 19.9 Å². The summed E-state index contributed by atoms with van der Waals surface area (Å²) in [6.45, 7) is 0. The average molecular weight is 370 g/mol. The zero-order valence-corrected chi connectivity index (χ0v) is 13.9. The third kappa shape index (κ3) is 4.66. The van der Waals surface area contributed by atoms with E-state index in [1.54, 1.807) is 30.9 Å². The van der Waals surface area contributed by atoms with Crippen molar-refractivity contribution in [3.63, 3.8) is 0 Å². The van der Waals surface area contributed by atoms with Crippen molar-refractivity contribution in [2.75, 3.05) is 11.5 Å². The van der Waals surface area contributed by atoms with E-state index >= 15 is 0 Å². The number of hydrogen-bond acceptors (Lipinski definition) is 6. The standard InChI is InChI=1S/C10H7Cl3N4.C4H4N2/c11-4-1-5(8(13)6(12)2-4)9-10(15)17-7(14)3-16-9;1-2-6-4-3-5-1/h1-3H,(H4,14,15,17);1-4H. The van der Waals surface area contributed by atoms with Gasteiger partial charge in [-0.05, 0) is 12.1 Å².